The first-order chi connectivity index (χ1) is 13.5. The Morgan fingerprint density at radius 1 is 1.21 bits per heavy atom. The zero-order chi connectivity index (χ0) is 19.3. The molecule has 1 atom stereocenters. The Labute approximate surface area is 163 Å². The zero-order valence-electron chi connectivity index (χ0n) is 15.7. The van der Waals surface area contributed by atoms with Crippen molar-refractivity contribution in [2.75, 3.05) is 32.8 Å². The zero-order valence-corrected chi connectivity index (χ0v) is 15.7. The highest BCUT2D eigenvalue weighted by Gasteiger charge is 2.42. The molecule has 1 aromatic rings. The van der Waals surface area contributed by atoms with Gasteiger partial charge in [-0.25, -0.2) is 0 Å². The average Bonchev–Trinajstić information content (AvgIpc) is 2.97. The highest BCUT2D eigenvalue weighted by atomic mass is 16.5. The topological polar surface area (TPSA) is 91.0 Å². The molecule has 3 fully saturated rings. The molecule has 3 saturated heterocycles. The van der Waals surface area contributed by atoms with Crippen LogP contribution in [-0.2, 0) is 27.4 Å². The van der Waals surface area contributed by atoms with Crippen LogP contribution in [0.5, 0.6) is 0 Å². The molecule has 28 heavy (non-hydrogen) atoms. The summed E-state index contributed by atoms with van der Waals surface area (Å²) in [5.41, 5.74) is 2.75. The van der Waals surface area contributed by atoms with Gasteiger partial charge in [0, 0.05) is 51.3 Å². The molecule has 5 rings (SSSR count). The Balaban J connectivity index is 1.29. The Hall–Kier alpha value is -2.29. The van der Waals surface area contributed by atoms with Gasteiger partial charge in [0.1, 0.15) is 11.6 Å². The fourth-order valence-corrected chi connectivity index (χ4v) is 4.66. The second-order valence-electron chi connectivity index (χ2n) is 8.24. The van der Waals surface area contributed by atoms with Crippen molar-refractivity contribution < 1.29 is 19.1 Å². The molecule has 0 radical (unpaired) electrons. The van der Waals surface area contributed by atoms with Gasteiger partial charge in [-0.1, -0.05) is 12.1 Å². The first kappa shape index (κ1) is 17.8. The number of morpholine rings is 1. The number of piperidine rings is 1. The molecule has 1 spiro atoms. The number of rotatable bonds is 3. The SMILES string of the molecule is O=C1CCC(N2Cc3cc(CN4CCOC5(CNC5)C4)ccc3C2=O)C(=O)N1. The van der Waals surface area contributed by atoms with E-state index in [0.717, 1.165) is 44.9 Å². The Kier molecular flexibility index (Phi) is 4.22. The minimum Gasteiger partial charge on any atom is -0.370 e. The molecule has 8 nitrogen and oxygen atoms in total. The fraction of sp³-hybridized carbons (Fsp3) is 0.550. The van der Waals surface area contributed by atoms with Gasteiger partial charge in [-0.2, -0.15) is 0 Å². The lowest BCUT2D eigenvalue weighted by Gasteiger charge is -2.48. The molecule has 0 saturated carbocycles. The van der Waals surface area contributed by atoms with E-state index >= 15 is 0 Å². The predicted octanol–water partition coefficient (Wildman–Crippen LogP) is -0.378. The standard InChI is InChI=1S/C20H24N4O4/c25-17-4-3-16(18(26)22-17)24-9-14-7-13(1-2-15(14)19(24)27)8-23-5-6-28-20(12-23)10-21-11-20/h1-2,7,16,21H,3-6,8-12H2,(H,22,25,26). The largest absolute Gasteiger partial charge is 0.370 e. The number of imide groups is 1. The van der Waals surface area contributed by atoms with E-state index in [0.29, 0.717) is 18.5 Å². The van der Waals surface area contributed by atoms with Crippen molar-refractivity contribution in [1.29, 1.82) is 0 Å². The summed E-state index contributed by atoms with van der Waals surface area (Å²) in [5, 5.41) is 5.63. The minimum absolute atomic E-state index is 0.0342. The van der Waals surface area contributed by atoms with E-state index in [4.69, 9.17) is 4.74 Å². The second-order valence-corrected chi connectivity index (χ2v) is 8.24. The summed E-state index contributed by atoms with van der Waals surface area (Å²) in [7, 11) is 0. The van der Waals surface area contributed by atoms with Gasteiger partial charge in [0.2, 0.25) is 11.8 Å². The van der Waals surface area contributed by atoms with Gasteiger partial charge >= 0.3 is 0 Å². The van der Waals surface area contributed by atoms with Crippen molar-refractivity contribution >= 4 is 17.7 Å². The van der Waals surface area contributed by atoms with Gasteiger partial charge in [0.15, 0.2) is 0 Å². The number of ether oxygens (including phenoxy) is 1. The summed E-state index contributed by atoms with van der Waals surface area (Å²) >= 11 is 0. The van der Waals surface area contributed by atoms with Gasteiger partial charge in [-0.15, -0.1) is 0 Å². The Morgan fingerprint density at radius 3 is 2.82 bits per heavy atom. The maximum Gasteiger partial charge on any atom is 0.255 e. The van der Waals surface area contributed by atoms with Crippen LogP contribution in [0.4, 0.5) is 0 Å². The Morgan fingerprint density at radius 2 is 2.07 bits per heavy atom. The number of amides is 3. The number of hydrogen-bond acceptors (Lipinski definition) is 6. The first-order valence-corrected chi connectivity index (χ1v) is 9.87. The fourth-order valence-electron chi connectivity index (χ4n) is 4.66. The molecule has 4 aliphatic rings. The molecule has 8 heteroatoms. The van der Waals surface area contributed by atoms with Gasteiger partial charge in [-0.3, -0.25) is 24.6 Å². The van der Waals surface area contributed by atoms with Crippen molar-refractivity contribution in [3.63, 3.8) is 0 Å². The molecule has 2 N–H and O–H groups in total. The van der Waals surface area contributed by atoms with Crippen LogP contribution in [-0.4, -0.2) is 72.0 Å². The number of fused-ring (bicyclic) bond motifs is 1. The summed E-state index contributed by atoms with van der Waals surface area (Å²) in [5.74, 6) is -0.759. The van der Waals surface area contributed by atoms with Gasteiger partial charge in [-0.05, 0) is 23.6 Å². The second kappa shape index (κ2) is 6.65. The third-order valence-corrected chi connectivity index (χ3v) is 6.22. The number of carbonyl (C=O) groups is 3. The van der Waals surface area contributed by atoms with Crippen LogP contribution in [0, 0.1) is 0 Å². The monoisotopic (exact) mass is 384 g/mol. The lowest BCUT2D eigenvalue weighted by Crippen LogP contribution is -2.68. The molecule has 4 heterocycles. The van der Waals surface area contributed by atoms with E-state index in [1.165, 1.54) is 5.56 Å². The van der Waals surface area contributed by atoms with Gasteiger partial charge in [0.25, 0.3) is 5.91 Å². The third kappa shape index (κ3) is 3.01. The smallest absolute Gasteiger partial charge is 0.255 e. The maximum absolute atomic E-state index is 12.8. The molecule has 3 amide bonds. The molecular weight excluding hydrogens is 360 g/mol. The van der Waals surface area contributed by atoms with E-state index in [-0.39, 0.29) is 29.7 Å². The average molecular weight is 384 g/mol. The lowest BCUT2D eigenvalue weighted by molar-refractivity contribution is -0.137. The quantitative estimate of drug-likeness (QED) is 0.691. The summed E-state index contributed by atoms with van der Waals surface area (Å²) in [6.07, 6.45) is 0.663. The van der Waals surface area contributed by atoms with Crippen molar-refractivity contribution in [3.8, 4) is 0 Å². The summed E-state index contributed by atoms with van der Waals surface area (Å²) in [4.78, 5) is 40.3. The van der Waals surface area contributed by atoms with Crippen LogP contribution < -0.4 is 10.6 Å². The van der Waals surface area contributed by atoms with Crippen LogP contribution >= 0.6 is 0 Å². The van der Waals surface area contributed by atoms with E-state index in [1.807, 2.05) is 12.1 Å². The minimum atomic E-state index is -0.564. The van der Waals surface area contributed by atoms with E-state index in [2.05, 4.69) is 21.6 Å². The predicted molar refractivity (Wildman–Crippen MR) is 99.3 cm³/mol. The molecule has 4 aliphatic heterocycles. The molecule has 0 bridgehead atoms. The molecule has 1 aromatic carbocycles. The number of nitrogens with zero attached hydrogens (tertiary/aromatic N) is 2. The van der Waals surface area contributed by atoms with Crippen LogP contribution in [0.1, 0.15) is 34.3 Å². The molecule has 148 valence electrons. The lowest BCUT2D eigenvalue weighted by atomic mass is 9.94. The normalized spacial score (nSPS) is 26.9. The van der Waals surface area contributed by atoms with Gasteiger partial charge in [0.05, 0.1) is 6.61 Å². The maximum atomic E-state index is 12.8. The number of hydrogen-bond donors (Lipinski definition) is 2. The third-order valence-electron chi connectivity index (χ3n) is 6.22. The summed E-state index contributed by atoms with van der Waals surface area (Å²) in [6, 6.07) is 5.40. The summed E-state index contributed by atoms with van der Waals surface area (Å²) < 4.78 is 5.94. The number of carbonyl (C=O) groups excluding carboxylic acids is 3. The van der Waals surface area contributed by atoms with E-state index in [1.54, 1.807) is 4.90 Å². The first-order valence-electron chi connectivity index (χ1n) is 9.87. The highest BCUT2D eigenvalue weighted by Crippen LogP contribution is 2.29. The van der Waals surface area contributed by atoms with Crippen LogP contribution in [0.2, 0.25) is 0 Å². The van der Waals surface area contributed by atoms with Crippen LogP contribution in [0.3, 0.4) is 0 Å². The molecule has 0 aliphatic carbocycles. The van der Waals surface area contributed by atoms with Crippen LogP contribution in [0.25, 0.3) is 0 Å². The van der Waals surface area contributed by atoms with Crippen molar-refractivity contribution in [2.45, 2.75) is 37.6 Å². The molecular formula is C20H24N4O4. The van der Waals surface area contributed by atoms with E-state index in [9.17, 15) is 14.4 Å². The molecule has 1 unspecified atom stereocenters. The van der Waals surface area contributed by atoms with Crippen molar-refractivity contribution in [1.82, 2.24) is 20.4 Å². The highest BCUT2D eigenvalue weighted by molar-refractivity contribution is 6.05. The number of benzene rings is 1. The van der Waals surface area contributed by atoms with Crippen molar-refractivity contribution in [3.05, 3.63) is 34.9 Å². The number of nitrogens with one attached hydrogen (secondary N) is 2. The molecule has 0 aromatic heterocycles. The van der Waals surface area contributed by atoms with Crippen LogP contribution in [0.15, 0.2) is 18.2 Å². The summed E-state index contributed by atoms with van der Waals surface area (Å²) in [6.45, 7) is 5.62. The van der Waals surface area contributed by atoms with Crippen molar-refractivity contribution in [2.24, 2.45) is 0 Å². The van der Waals surface area contributed by atoms with E-state index < -0.39 is 6.04 Å². The Bertz CT molecular complexity index is 851. The van der Waals surface area contributed by atoms with Gasteiger partial charge < -0.3 is 15.0 Å².